The first kappa shape index (κ1) is 16.8. The summed E-state index contributed by atoms with van der Waals surface area (Å²) in [6.07, 6.45) is 2.13. The Hall–Kier alpha value is -2.63. The van der Waals surface area contributed by atoms with E-state index in [2.05, 4.69) is 48.7 Å². The highest BCUT2D eigenvalue weighted by Gasteiger charge is 2.20. The smallest absolute Gasteiger partial charge is 0.195 e. The number of ether oxygens (including phenoxy) is 1. The molecule has 0 unspecified atom stereocenters. The number of benzene rings is 2. The first-order valence-corrected chi connectivity index (χ1v) is 9.36. The fraction of sp³-hybridized carbons (Fsp3) is 0.190. The quantitative estimate of drug-likeness (QED) is 0.566. The Bertz CT molecular complexity index is 1080. The van der Waals surface area contributed by atoms with Crippen LogP contribution in [0.5, 0.6) is 5.75 Å². The number of aryl methyl sites for hydroxylation is 2. The molecule has 0 spiro atoms. The van der Waals surface area contributed by atoms with E-state index in [1.165, 1.54) is 16.0 Å². The third-order valence-corrected chi connectivity index (χ3v) is 5.59. The first-order valence-electron chi connectivity index (χ1n) is 8.54. The Labute approximate surface area is 156 Å². The summed E-state index contributed by atoms with van der Waals surface area (Å²) in [4.78, 5) is 7.04. The van der Waals surface area contributed by atoms with Crippen LogP contribution in [0.25, 0.3) is 26.7 Å². The van der Waals surface area contributed by atoms with Crippen molar-refractivity contribution in [3.63, 3.8) is 0 Å². The van der Waals surface area contributed by atoms with Crippen molar-refractivity contribution < 1.29 is 4.74 Å². The van der Waals surface area contributed by atoms with Crippen LogP contribution in [-0.4, -0.2) is 16.5 Å². The van der Waals surface area contributed by atoms with Crippen molar-refractivity contribution in [1.29, 1.82) is 0 Å². The van der Waals surface area contributed by atoms with Crippen LogP contribution in [-0.2, 0) is 6.54 Å². The summed E-state index contributed by atoms with van der Waals surface area (Å²) in [6.45, 7) is 4.56. The Morgan fingerprint density at radius 2 is 1.92 bits per heavy atom. The minimum absolute atomic E-state index is 0.414. The molecule has 5 heteroatoms. The molecule has 2 heterocycles. The molecule has 132 valence electrons. The van der Waals surface area contributed by atoms with Crippen molar-refractivity contribution in [1.82, 2.24) is 9.38 Å². The minimum Gasteiger partial charge on any atom is -0.496 e. The Morgan fingerprint density at radius 3 is 2.62 bits per heavy atom. The standard InChI is InChI=1S/C21H21N3OS/c1-13-9-14(2)20(25-3)16(10-13)19-17(11-22)24-12-18(26-21(24)23-19)15-7-5-4-6-8-15/h4-10,12H,11,22H2,1-3H3. The molecule has 0 bridgehead atoms. The van der Waals surface area contributed by atoms with Gasteiger partial charge in [-0.15, -0.1) is 0 Å². The highest BCUT2D eigenvalue weighted by molar-refractivity contribution is 7.20. The van der Waals surface area contributed by atoms with Gasteiger partial charge in [0.05, 0.1) is 23.4 Å². The van der Waals surface area contributed by atoms with E-state index in [9.17, 15) is 0 Å². The van der Waals surface area contributed by atoms with Gasteiger partial charge in [0.25, 0.3) is 0 Å². The molecule has 4 nitrogen and oxygen atoms in total. The number of hydrogen-bond acceptors (Lipinski definition) is 4. The molecule has 0 amide bonds. The highest BCUT2D eigenvalue weighted by atomic mass is 32.1. The molecule has 0 fully saturated rings. The molecule has 0 aliphatic heterocycles. The molecular formula is C21H21N3OS. The molecule has 0 atom stereocenters. The lowest BCUT2D eigenvalue weighted by molar-refractivity contribution is 0.413. The number of hydrogen-bond donors (Lipinski definition) is 1. The van der Waals surface area contributed by atoms with Gasteiger partial charge in [0.15, 0.2) is 4.96 Å². The molecule has 0 saturated carbocycles. The van der Waals surface area contributed by atoms with Gasteiger partial charge in [0.2, 0.25) is 0 Å². The molecule has 0 aliphatic rings. The van der Waals surface area contributed by atoms with E-state index in [0.717, 1.165) is 33.2 Å². The molecule has 0 radical (unpaired) electrons. The average molecular weight is 363 g/mol. The first-order chi connectivity index (χ1) is 12.6. The van der Waals surface area contributed by atoms with Crippen LogP contribution < -0.4 is 10.5 Å². The second-order valence-corrected chi connectivity index (χ2v) is 7.40. The molecular weight excluding hydrogens is 342 g/mol. The second kappa shape index (κ2) is 6.59. The van der Waals surface area contributed by atoms with Gasteiger partial charge in [-0.2, -0.15) is 0 Å². The zero-order valence-electron chi connectivity index (χ0n) is 15.1. The summed E-state index contributed by atoms with van der Waals surface area (Å²) in [5.41, 5.74) is 12.5. The van der Waals surface area contributed by atoms with Crippen molar-refractivity contribution in [3.8, 4) is 27.4 Å². The average Bonchev–Trinajstić information content (AvgIpc) is 3.19. The summed E-state index contributed by atoms with van der Waals surface area (Å²) in [6, 6.07) is 14.6. The Balaban J connectivity index is 1.92. The zero-order chi connectivity index (χ0) is 18.3. The van der Waals surface area contributed by atoms with E-state index in [1.807, 2.05) is 18.2 Å². The Morgan fingerprint density at radius 1 is 1.15 bits per heavy atom. The number of thiazole rings is 1. The van der Waals surface area contributed by atoms with Crippen molar-refractivity contribution in [3.05, 3.63) is 65.5 Å². The van der Waals surface area contributed by atoms with E-state index in [0.29, 0.717) is 6.54 Å². The normalized spacial score (nSPS) is 11.2. The van der Waals surface area contributed by atoms with Gasteiger partial charge in [0.1, 0.15) is 5.75 Å². The largest absolute Gasteiger partial charge is 0.496 e. The monoisotopic (exact) mass is 363 g/mol. The van der Waals surface area contributed by atoms with Crippen LogP contribution in [0.3, 0.4) is 0 Å². The lowest BCUT2D eigenvalue weighted by Crippen LogP contribution is -2.03. The van der Waals surface area contributed by atoms with Crippen molar-refractivity contribution >= 4 is 16.3 Å². The van der Waals surface area contributed by atoms with Crippen LogP contribution in [0.1, 0.15) is 16.8 Å². The fourth-order valence-electron chi connectivity index (χ4n) is 3.44. The zero-order valence-corrected chi connectivity index (χ0v) is 15.9. The number of nitrogens with two attached hydrogens (primary N) is 1. The van der Waals surface area contributed by atoms with Crippen LogP contribution in [0.2, 0.25) is 0 Å². The molecule has 2 aromatic heterocycles. The van der Waals surface area contributed by atoms with E-state index in [-0.39, 0.29) is 0 Å². The number of methoxy groups -OCH3 is 1. The predicted molar refractivity (Wildman–Crippen MR) is 108 cm³/mol. The third-order valence-electron chi connectivity index (χ3n) is 4.56. The molecule has 4 rings (SSSR count). The topological polar surface area (TPSA) is 52.5 Å². The lowest BCUT2D eigenvalue weighted by atomic mass is 10.0. The van der Waals surface area contributed by atoms with Crippen LogP contribution in [0.4, 0.5) is 0 Å². The molecule has 4 aromatic rings. The summed E-state index contributed by atoms with van der Waals surface area (Å²) in [7, 11) is 1.70. The molecule has 2 N–H and O–H groups in total. The minimum atomic E-state index is 0.414. The van der Waals surface area contributed by atoms with Crippen LogP contribution >= 0.6 is 11.3 Å². The summed E-state index contributed by atoms with van der Waals surface area (Å²) in [5.74, 6) is 0.860. The van der Waals surface area contributed by atoms with Gasteiger partial charge in [-0.05, 0) is 36.6 Å². The SMILES string of the molecule is COc1c(C)cc(C)cc1-c1nc2sc(-c3ccccc3)cn2c1CN. The van der Waals surface area contributed by atoms with Gasteiger partial charge in [0, 0.05) is 18.3 Å². The van der Waals surface area contributed by atoms with Crippen LogP contribution in [0, 0.1) is 13.8 Å². The summed E-state index contributed by atoms with van der Waals surface area (Å²) in [5, 5.41) is 0. The van der Waals surface area contributed by atoms with Gasteiger partial charge < -0.3 is 10.5 Å². The maximum Gasteiger partial charge on any atom is 0.195 e. The summed E-state index contributed by atoms with van der Waals surface area (Å²) >= 11 is 1.67. The number of rotatable bonds is 4. The number of aromatic nitrogens is 2. The van der Waals surface area contributed by atoms with E-state index >= 15 is 0 Å². The maximum absolute atomic E-state index is 6.12. The number of fused-ring (bicyclic) bond motifs is 1. The van der Waals surface area contributed by atoms with Crippen molar-refractivity contribution in [2.45, 2.75) is 20.4 Å². The van der Waals surface area contributed by atoms with Gasteiger partial charge in [-0.1, -0.05) is 47.7 Å². The van der Waals surface area contributed by atoms with Gasteiger partial charge in [-0.3, -0.25) is 4.40 Å². The van der Waals surface area contributed by atoms with E-state index < -0.39 is 0 Å². The van der Waals surface area contributed by atoms with E-state index in [4.69, 9.17) is 15.5 Å². The Kier molecular flexibility index (Phi) is 4.26. The molecule has 0 saturated heterocycles. The molecule has 0 aliphatic carbocycles. The fourth-order valence-corrected chi connectivity index (χ4v) is 4.45. The highest BCUT2D eigenvalue weighted by Crippen LogP contribution is 2.38. The van der Waals surface area contributed by atoms with E-state index in [1.54, 1.807) is 18.4 Å². The summed E-state index contributed by atoms with van der Waals surface area (Å²) < 4.78 is 7.77. The number of imidazole rings is 1. The predicted octanol–water partition coefficient (Wildman–Crippen LogP) is 4.81. The third kappa shape index (κ3) is 2.69. The second-order valence-electron chi connectivity index (χ2n) is 6.39. The number of nitrogens with zero attached hydrogens (tertiary/aromatic N) is 2. The molecule has 26 heavy (non-hydrogen) atoms. The molecule has 2 aromatic carbocycles. The van der Waals surface area contributed by atoms with Crippen molar-refractivity contribution in [2.24, 2.45) is 5.73 Å². The lowest BCUT2D eigenvalue weighted by Gasteiger charge is -2.12. The van der Waals surface area contributed by atoms with Gasteiger partial charge in [-0.25, -0.2) is 4.98 Å². The van der Waals surface area contributed by atoms with Crippen LogP contribution in [0.15, 0.2) is 48.7 Å². The van der Waals surface area contributed by atoms with Gasteiger partial charge >= 0.3 is 0 Å². The maximum atomic E-state index is 6.12. The van der Waals surface area contributed by atoms with Crippen molar-refractivity contribution in [2.75, 3.05) is 7.11 Å².